The average molecular weight is 259 g/mol. The van der Waals surface area contributed by atoms with Crippen molar-refractivity contribution in [2.75, 3.05) is 31.1 Å². The molecule has 2 N–H and O–H groups in total. The van der Waals surface area contributed by atoms with E-state index in [4.69, 9.17) is 11.0 Å². The van der Waals surface area contributed by atoms with Crippen molar-refractivity contribution < 1.29 is 4.79 Å². The van der Waals surface area contributed by atoms with Gasteiger partial charge in [-0.15, -0.1) is 0 Å². The number of pyridine rings is 1. The van der Waals surface area contributed by atoms with Gasteiger partial charge in [0.05, 0.1) is 12.1 Å². The second-order valence-corrected chi connectivity index (χ2v) is 4.59. The summed E-state index contributed by atoms with van der Waals surface area (Å²) in [4.78, 5) is 19.4. The molecule has 1 fully saturated rings. The van der Waals surface area contributed by atoms with E-state index in [1.165, 1.54) is 0 Å². The van der Waals surface area contributed by atoms with E-state index >= 15 is 0 Å². The third-order valence-corrected chi connectivity index (χ3v) is 3.41. The first-order valence-corrected chi connectivity index (χ1v) is 6.26. The summed E-state index contributed by atoms with van der Waals surface area (Å²) in [6.07, 6.45) is 1.60. The van der Waals surface area contributed by atoms with Crippen molar-refractivity contribution in [3.8, 4) is 6.07 Å². The van der Waals surface area contributed by atoms with Crippen molar-refractivity contribution >= 4 is 11.6 Å². The first kappa shape index (κ1) is 13.3. The number of primary amides is 1. The van der Waals surface area contributed by atoms with Crippen molar-refractivity contribution in [1.82, 2.24) is 9.88 Å². The summed E-state index contributed by atoms with van der Waals surface area (Å²) in [5, 5.41) is 8.90. The second-order valence-electron chi connectivity index (χ2n) is 4.59. The molecule has 1 saturated heterocycles. The largest absolute Gasteiger partial charge is 0.369 e. The summed E-state index contributed by atoms with van der Waals surface area (Å²) in [7, 11) is 0. The molecule has 1 aliphatic heterocycles. The monoisotopic (exact) mass is 259 g/mol. The fraction of sp³-hybridized carbons (Fsp3) is 0.462. The maximum Gasteiger partial charge on any atom is 0.267 e. The van der Waals surface area contributed by atoms with Crippen LogP contribution in [0.25, 0.3) is 0 Å². The van der Waals surface area contributed by atoms with Crippen LogP contribution in [0.1, 0.15) is 17.4 Å². The lowest BCUT2D eigenvalue weighted by Crippen LogP contribution is -2.49. The Morgan fingerprint density at radius 3 is 2.74 bits per heavy atom. The van der Waals surface area contributed by atoms with Crippen LogP contribution in [0.15, 0.2) is 18.3 Å². The van der Waals surface area contributed by atoms with E-state index in [0.717, 1.165) is 31.9 Å². The van der Waals surface area contributed by atoms with Crippen LogP contribution in [0.3, 0.4) is 0 Å². The molecule has 0 radical (unpaired) electrons. The number of nitrogens with zero attached hydrogens (tertiary/aromatic N) is 4. The minimum absolute atomic E-state index is 0.0548. The number of hydrogen-bond donors (Lipinski definition) is 1. The predicted octanol–water partition coefficient (Wildman–Crippen LogP) is 0.215. The van der Waals surface area contributed by atoms with Gasteiger partial charge in [0.1, 0.15) is 5.69 Å². The maximum atomic E-state index is 11.1. The van der Waals surface area contributed by atoms with Gasteiger partial charge in [0, 0.05) is 38.1 Å². The molecule has 0 aliphatic carbocycles. The van der Waals surface area contributed by atoms with E-state index in [1.54, 1.807) is 12.3 Å². The molecule has 100 valence electrons. The molecular formula is C13H17N5O. The lowest BCUT2D eigenvalue weighted by molar-refractivity contribution is 0.0995. The predicted molar refractivity (Wildman–Crippen MR) is 71.6 cm³/mol. The molecule has 1 aromatic heterocycles. The molecule has 2 rings (SSSR count). The van der Waals surface area contributed by atoms with Crippen LogP contribution in [0.2, 0.25) is 0 Å². The lowest BCUT2D eigenvalue weighted by Gasteiger charge is -2.37. The zero-order valence-electron chi connectivity index (χ0n) is 10.9. The highest BCUT2D eigenvalue weighted by atomic mass is 16.1. The van der Waals surface area contributed by atoms with Crippen molar-refractivity contribution in [1.29, 1.82) is 5.26 Å². The average Bonchev–Trinajstić information content (AvgIpc) is 2.46. The molecular weight excluding hydrogens is 242 g/mol. The Morgan fingerprint density at radius 2 is 2.16 bits per heavy atom. The molecule has 19 heavy (non-hydrogen) atoms. The number of amides is 1. The molecule has 6 nitrogen and oxygen atoms in total. The van der Waals surface area contributed by atoms with Crippen LogP contribution < -0.4 is 10.6 Å². The van der Waals surface area contributed by atoms with Crippen molar-refractivity contribution in [2.24, 2.45) is 5.73 Å². The first-order chi connectivity index (χ1) is 9.11. The molecule has 0 bridgehead atoms. The van der Waals surface area contributed by atoms with Crippen LogP contribution in [0.5, 0.6) is 0 Å². The van der Waals surface area contributed by atoms with Gasteiger partial charge in [-0.1, -0.05) is 0 Å². The number of hydrogen-bond acceptors (Lipinski definition) is 5. The fourth-order valence-electron chi connectivity index (χ4n) is 2.20. The SMILES string of the molecule is CC(C#N)N1CCN(c2ccnc(C(N)=O)c2)CC1. The van der Waals surface area contributed by atoms with Gasteiger partial charge in [-0.05, 0) is 19.1 Å². The Bertz CT molecular complexity index is 502. The highest BCUT2D eigenvalue weighted by molar-refractivity contribution is 5.91. The molecule has 0 spiro atoms. The van der Waals surface area contributed by atoms with Crippen molar-refractivity contribution in [2.45, 2.75) is 13.0 Å². The van der Waals surface area contributed by atoms with Gasteiger partial charge in [0.15, 0.2) is 0 Å². The molecule has 1 unspecified atom stereocenters. The number of aromatic nitrogens is 1. The van der Waals surface area contributed by atoms with Gasteiger partial charge in [-0.2, -0.15) is 5.26 Å². The number of carbonyl (C=O) groups is 1. The Hall–Kier alpha value is -2.13. The quantitative estimate of drug-likeness (QED) is 0.838. The van der Waals surface area contributed by atoms with E-state index in [0.29, 0.717) is 0 Å². The number of nitrogens with two attached hydrogens (primary N) is 1. The Morgan fingerprint density at radius 1 is 1.47 bits per heavy atom. The van der Waals surface area contributed by atoms with E-state index in [1.807, 2.05) is 13.0 Å². The Labute approximate surface area is 112 Å². The number of rotatable bonds is 3. The summed E-state index contributed by atoms with van der Waals surface area (Å²) in [5.41, 5.74) is 6.46. The zero-order chi connectivity index (χ0) is 13.8. The minimum Gasteiger partial charge on any atom is -0.369 e. The number of piperazine rings is 1. The molecule has 0 saturated carbocycles. The van der Waals surface area contributed by atoms with Gasteiger partial charge in [0.25, 0.3) is 5.91 Å². The van der Waals surface area contributed by atoms with E-state index in [2.05, 4.69) is 20.9 Å². The van der Waals surface area contributed by atoms with Crippen molar-refractivity contribution in [3.05, 3.63) is 24.0 Å². The minimum atomic E-state index is -0.515. The summed E-state index contributed by atoms with van der Waals surface area (Å²) in [6, 6.07) is 5.78. The van der Waals surface area contributed by atoms with E-state index < -0.39 is 5.91 Å². The van der Waals surface area contributed by atoms with Gasteiger partial charge < -0.3 is 10.6 Å². The van der Waals surface area contributed by atoms with Crippen LogP contribution in [-0.2, 0) is 0 Å². The summed E-state index contributed by atoms with van der Waals surface area (Å²) >= 11 is 0. The van der Waals surface area contributed by atoms with Gasteiger partial charge in [-0.25, -0.2) is 0 Å². The van der Waals surface area contributed by atoms with Gasteiger partial charge in [0.2, 0.25) is 0 Å². The molecule has 0 aromatic carbocycles. The highest BCUT2D eigenvalue weighted by Gasteiger charge is 2.21. The summed E-state index contributed by atoms with van der Waals surface area (Å²) < 4.78 is 0. The van der Waals surface area contributed by atoms with Crippen LogP contribution in [-0.4, -0.2) is 48.0 Å². The zero-order valence-corrected chi connectivity index (χ0v) is 10.9. The third-order valence-electron chi connectivity index (χ3n) is 3.41. The van der Waals surface area contributed by atoms with E-state index in [-0.39, 0.29) is 11.7 Å². The normalized spacial score (nSPS) is 17.8. The molecule has 2 heterocycles. The fourth-order valence-corrected chi connectivity index (χ4v) is 2.20. The van der Waals surface area contributed by atoms with Crippen LogP contribution in [0, 0.1) is 11.3 Å². The topological polar surface area (TPSA) is 86.2 Å². The highest BCUT2D eigenvalue weighted by Crippen LogP contribution is 2.17. The smallest absolute Gasteiger partial charge is 0.267 e. The first-order valence-electron chi connectivity index (χ1n) is 6.26. The molecule has 1 aromatic rings. The summed E-state index contributed by atoms with van der Waals surface area (Å²) in [6.45, 7) is 5.24. The van der Waals surface area contributed by atoms with Crippen LogP contribution >= 0.6 is 0 Å². The standard InChI is InChI=1S/C13H17N5O/c1-10(9-14)17-4-6-18(7-5-17)11-2-3-16-12(8-11)13(15)19/h2-3,8,10H,4-7H2,1H3,(H2,15,19). The lowest BCUT2D eigenvalue weighted by atomic mass is 10.2. The van der Waals surface area contributed by atoms with Crippen molar-refractivity contribution in [3.63, 3.8) is 0 Å². The maximum absolute atomic E-state index is 11.1. The molecule has 1 amide bonds. The number of nitriles is 1. The van der Waals surface area contributed by atoms with E-state index in [9.17, 15) is 4.79 Å². The number of carbonyl (C=O) groups excluding carboxylic acids is 1. The Balaban J connectivity index is 2.04. The third kappa shape index (κ3) is 3.01. The molecule has 1 atom stereocenters. The van der Waals surface area contributed by atoms with Gasteiger partial charge in [-0.3, -0.25) is 14.7 Å². The molecule has 1 aliphatic rings. The van der Waals surface area contributed by atoms with Gasteiger partial charge >= 0.3 is 0 Å². The Kier molecular flexibility index (Phi) is 3.97. The number of anilines is 1. The van der Waals surface area contributed by atoms with Crippen LogP contribution in [0.4, 0.5) is 5.69 Å². The molecule has 6 heteroatoms. The summed E-state index contributed by atoms with van der Waals surface area (Å²) in [5.74, 6) is -0.515. The second kappa shape index (κ2) is 5.67.